The van der Waals surface area contributed by atoms with E-state index in [1.165, 1.54) is 23.1 Å². The highest BCUT2D eigenvalue weighted by molar-refractivity contribution is 7.99. The number of carbonyl (C=O) groups excluding carboxylic acids is 2. The Labute approximate surface area is 198 Å². The molecule has 3 N–H and O–H groups in total. The summed E-state index contributed by atoms with van der Waals surface area (Å²) in [7, 11) is 1.63. The van der Waals surface area contributed by atoms with Gasteiger partial charge in [-0.1, -0.05) is 23.4 Å². The van der Waals surface area contributed by atoms with Gasteiger partial charge in [-0.25, -0.2) is 0 Å². The summed E-state index contributed by atoms with van der Waals surface area (Å²) in [5.74, 6) is 0.0605. The number of amides is 2. The first-order valence-electron chi connectivity index (χ1n) is 10.0. The summed E-state index contributed by atoms with van der Waals surface area (Å²) in [6.07, 6.45) is 2.75. The molecule has 0 saturated carbocycles. The van der Waals surface area contributed by atoms with Crippen molar-refractivity contribution in [2.75, 3.05) is 24.8 Å². The standard InChI is InChI=1S/C21H22ClN5O3S2/c1-30-10-9-27-19(12-5-7-13(22)8-6-12)25-26-21(27)31-11-16(28)24-20-17(18(23)29)14-3-2-4-15(14)32-20/h5-8H,2-4,9-11H2,1H3,(H2,23,29)(H,24,28). The number of hydrogen-bond acceptors (Lipinski definition) is 7. The average Bonchev–Trinajstić information content (AvgIpc) is 3.45. The van der Waals surface area contributed by atoms with Crippen LogP contribution in [0.2, 0.25) is 5.02 Å². The molecule has 2 amide bonds. The Morgan fingerprint density at radius 1 is 1.28 bits per heavy atom. The van der Waals surface area contributed by atoms with E-state index in [0.29, 0.717) is 39.7 Å². The van der Waals surface area contributed by atoms with Gasteiger partial charge in [-0.2, -0.15) is 0 Å². The Morgan fingerprint density at radius 3 is 2.78 bits per heavy atom. The lowest BCUT2D eigenvalue weighted by atomic mass is 10.1. The molecule has 0 fully saturated rings. The van der Waals surface area contributed by atoms with Gasteiger partial charge in [0.25, 0.3) is 5.91 Å². The zero-order valence-corrected chi connectivity index (χ0v) is 19.8. The van der Waals surface area contributed by atoms with Crippen molar-refractivity contribution in [2.24, 2.45) is 5.73 Å². The molecule has 1 aromatic carbocycles. The number of thiophene rings is 1. The number of hydrogen-bond donors (Lipinski definition) is 2. The second-order valence-electron chi connectivity index (χ2n) is 7.22. The number of aromatic nitrogens is 3. The zero-order valence-electron chi connectivity index (χ0n) is 17.4. The maximum absolute atomic E-state index is 12.7. The van der Waals surface area contributed by atoms with Gasteiger partial charge in [0.05, 0.1) is 24.5 Å². The number of halogens is 1. The van der Waals surface area contributed by atoms with E-state index >= 15 is 0 Å². The molecular formula is C21H22ClN5O3S2. The topological polar surface area (TPSA) is 112 Å². The average molecular weight is 492 g/mol. The molecule has 4 rings (SSSR count). The Morgan fingerprint density at radius 2 is 2.06 bits per heavy atom. The van der Waals surface area contributed by atoms with E-state index in [4.69, 9.17) is 22.1 Å². The van der Waals surface area contributed by atoms with Crippen LogP contribution in [-0.2, 0) is 28.9 Å². The van der Waals surface area contributed by atoms with Gasteiger partial charge in [0.15, 0.2) is 11.0 Å². The second kappa shape index (κ2) is 10.0. The molecule has 8 nitrogen and oxygen atoms in total. The number of thioether (sulfide) groups is 1. The molecule has 3 aromatic rings. The molecule has 0 radical (unpaired) electrons. The number of rotatable bonds is 9. The predicted molar refractivity (Wildman–Crippen MR) is 127 cm³/mol. The van der Waals surface area contributed by atoms with Crippen LogP contribution in [0.1, 0.15) is 27.2 Å². The molecule has 32 heavy (non-hydrogen) atoms. The number of nitrogens with two attached hydrogens (primary N) is 1. The van der Waals surface area contributed by atoms with Crippen LogP contribution in [0.5, 0.6) is 0 Å². The number of anilines is 1. The number of carbonyl (C=O) groups is 2. The van der Waals surface area contributed by atoms with E-state index in [2.05, 4.69) is 15.5 Å². The van der Waals surface area contributed by atoms with Crippen molar-refractivity contribution in [2.45, 2.75) is 31.0 Å². The normalized spacial score (nSPS) is 12.7. The van der Waals surface area contributed by atoms with Crippen molar-refractivity contribution >= 4 is 51.5 Å². The van der Waals surface area contributed by atoms with Gasteiger partial charge in [0, 0.05) is 22.6 Å². The fraction of sp³-hybridized carbons (Fsp3) is 0.333. The molecule has 0 unspecified atom stereocenters. The molecule has 0 aliphatic heterocycles. The summed E-state index contributed by atoms with van der Waals surface area (Å²) in [5.41, 5.74) is 7.88. The highest BCUT2D eigenvalue weighted by atomic mass is 35.5. The molecule has 0 atom stereocenters. The first-order valence-corrected chi connectivity index (χ1v) is 12.2. The van der Waals surface area contributed by atoms with E-state index in [-0.39, 0.29) is 11.7 Å². The number of primary amides is 1. The van der Waals surface area contributed by atoms with Crippen molar-refractivity contribution in [1.82, 2.24) is 14.8 Å². The van der Waals surface area contributed by atoms with Crippen molar-refractivity contribution in [3.05, 3.63) is 45.3 Å². The summed E-state index contributed by atoms with van der Waals surface area (Å²) in [6.45, 7) is 1.01. The number of benzene rings is 1. The highest BCUT2D eigenvalue weighted by Crippen LogP contribution is 2.39. The number of fused-ring (bicyclic) bond motifs is 1. The quantitative estimate of drug-likeness (QED) is 0.442. The fourth-order valence-corrected chi connectivity index (χ4v) is 5.84. The fourth-order valence-electron chi connectivity index (χ4n) is 3.64. The van der Waals surface area contributed by atoms with Crippen LogP contribution < -0.4 is 11.1 Å². The van der Waals surface area contributed by atoms with Crippen molar-refractivity contribution in [3.8, 4) is 11.4 Å². The molecule has 0 bridgehead atoms. The van der Waals surface area contributed by atoms with Crippen LogP contribution in [0.3, 0.4) is 0 Å². The first kappa shape index (κ1) is 22.8. The summed E-state index contributed by atoms with van der Waals surface area (Å²) < 4.78 is 7.14. The van der Waals surface area contributed by atoms with Crippen LogP contribution in [0.15, 0.2) is 29.4 Å². The molecular weight excluding hydrogens is 470 g/mol. The minimum absolute atomic E-state index is 0.118. The smallest absolute Gasteiger partial charge is 0.251 e. The summed E-state index contributed by atoms with van der Waals surface area (Å²) in [6, 6.07) is 7.33. The van der Waals surface area contributed by atoms with E-state index in [9.17, 15) is 9.59 Å². The number of ether oxygens (including phenoxy) is 1. The summed E-state index contributed by atoms with van der Waals surface area (Å²) in [4.78, 5) is 25.7. The number of aryl methyl sites for hydroxylation is 1. The second-order valence-corrected chi connectivity index (χ2v) is 9.70. The Balaban J connectivity index is 1.48. The number of nitrogens with zero attached hydrogens (tertiary/aromatic N) is 3. The number of nitrogens with one attached hydrogen (secondary N) is 1. The minimum atomic E-state index is -0.501. The third-order valence-corrected chi connectivity index (χ3v) is 7.52. The largest absolute Gasteiger partial charge is 0.383 e. The van der Waals surface area contributed by atoms with E-state index < -0.39 is 5.91 Å². The molecule has 2 aromatic heterocycles. The summed E-state index contributed by atoms with van der Waals surface area (Å²) >= 11 is 8.71. The lowest BCUT2D eigenvalue weighted by Crippen LogP contribution is -2.19. The predicted octanol–water partition coefficient (Wildman–Crippen LogP) is 3.62. The van der Waals surface area contributed by atoms with E-state index in [1.54, 1.807) is 19.2 Å². The molecule has 1 aliphatic carbocycles. The monoisotopic (exact) mass is 491 g/mol. The SMILES string of the molecule is COCCn1c(SCC(=O)Nc2sc3c(c2C(N)=O)CCC3)nnc1-c1ccc(Cl)cc1. The van der Waals surface area contributed by atoms with Crippen molar-refractivity contribution in [3.63, 3.8) is 0 Å². The minimum Gasteiger partial charge on any atom is -0.383 e. The van der Waals surface area contributed by atoms with Crippen molar-refractivity contribution in [1.29, 1.82) is 0 Å². The van der Waals surface area contributed by atoms with Crippen LogP contribution >= 0.6 is 34.7 Å². The van der Waals surface area contributed by atoms with Crippen LogP contribution in [0.4, 0.5) is 5.00 Å². The van der Waals surface area contributed by atoms with Gasteiger partial charge >= 0.3 is 0 Å². The zero-order chi connectivity index (χ0) is 22.7. The van der Waals surface area contributed by atoms with Gasteiger partial charge in [0.1, 0.15) is 5.00 Å². The van der Waals surface area contributed by atoms with Gasteiger partial charge in [0.2, 0.25) is 5.91 Å². The highest BCUT2D eigenvalue weighted by Gasteiger charge is 2.26. The van der Waals surface area contributed by atoms with Crippen LogP contribution in [-0.4, -0.2) is 46.0 Å². The molecule has 168 valence electrons. The molecule has 2 heterocycles. The molecule has 0 saturated heterocycles. The van der Waals surface area contributed by atoms with Crippen molar-refractivity contribution < 1.29 is 14.3 Å². The van der Waals surface area contributed by atoms with Gasteiger partial charge < -0.3 is 15.8 Å². The maximum atomic E-state index is 12.7. The maximum Gasteiger partial charge on any atom is 0.251 e. The third kappa shape index (κ3) is 4.83. The Hall–Kier alpha value is -2.40. The van der Waals surface area contributed by atoms with Gasteiger partial charge in [-0.3, -0.25) is 14.2 Å². The lowest BCUT2D eigenvalue weighted by molar-refractivity contribution is -0.113. The summed E-state index contributed by atoms with van der Waals surface area (Å²) in [5, 5.41) is 13.2. The van der Waals surface area contributed by atoms with Crippen LogP contribution in [0, 0.1) is 0 Å². The van der Waals surface area contributed by atoms with E-state index in [0.717, 1.165) is 35.3 Å². The Kier molecular flexibility index (Phi) is 7.14. The molecule has 11 heteroatoms. The number of methoxy groups -OCH3 is 1. The lowest BCUT2D eigenvalue weighted by Gasteiger charge is -2.10. The Bertz CT molecular complexity index is 1140. The van der Waals surface area contributed by atoms with Gasteiger partial charge in [-0.15, -0.1) is 21.5 Å². The third-order valence-electron chi connectivity index (χ3n) is 5.09. The van der Waals surface area contributed by atoms with Crippen LogP contribution in [0.25, 0.3) is 11.4 Å². The molecule has 0 spiro atoms. The first-order chi connectivity index (χ1) is 15.5. The molecule has 1 aliphatic rings. The van der Waals surface area contributed by atoms with Gasteiger partial charge in [-0.05, 0) is 49.1 Å². The van der Waals surface area contributed by atoms with E-state index in [1.807, 2.05) is 16.7 Å².